The molecule has 5 heteroatoms. The van der Waals surface area contributed by atoms with Gasteiger partial charge in [-0.05, 0) is 12.1 Å². The Labute approximate surface area is 79.7 Å². The van der Waals surface area contributed by atoms with Gasteiger partial charge < -0.3 is 11.1 Å². The Morgan fingerprint density at radius 2 is 2.23 bits per heavy atom. The van der Waals surface area contributed by atoms with E-state index >= 15 is 0 Å². The van der Waals surface area contributed by atoms with Crippen LogP contribution in [-0.4, -0.2) is 5.91 Å². The maximum atomic E-state index is 13.1. The fourth-order valence-corrected chi connectivity index (χ4v) is 1.15. The van der Waals surface area contributed by atoms with Crippen LogP contribution in [0.1, 0.15) is 6.92 Å². The van der Waals surface area contributed by atoms with Gasteiger partial charge in [-0.1, -0.05) is 11.6 Å². The number of halogens is 2. The predicted octanol–water partition coefficient (Wildman–Crippen LogP) is 2.02. The van der Waals surface area contributed by atoms with Gasteiger partial charge in [0.25, 0.3) is 0 Å². The first kappa shape index (κ1) is 9.80. The number of carbonyl (C=O) groups excluding carboxylic acids is 1. The van der Waals surface area contributed by atoms with Crippen LogP contribution in [0, 0.1) is 5.82 Å². The summed E-state index contributed by atoms with van der Waals surface area (Å²) < 4.78 is 13.1. The van der Waals surface area contributed by atoms with Crippen molar-refractivity contribution in [2.75, 3.05) is 11.1 Å². The zero-order valence-electron chi connectivity index (χ0n) is 6.90. The van der Waals surface area contributed by atoms with Crippen molar-refractivity contribution in [2.24, 2.45) is 0 Å². The lowest BCUT2D eigenvalue weighted by molar-refractivity contribution is -0.114. The summed E-state index contributed by atoms with van der Waals surface area (Å²) in [4.78, 5) is 10.6. The highest BCUT2D eigenvalue weighted by molar-refractivity contribution is 6.34. The number of nitrogens with two attached hydrogens (primary N) is 1. The van der Waals surface area contributed by atoms with Crippen LogP contribution < -0.4 is 11.1 Å². The van der Waals surface area contributed by atoms with E-state index in [1.807, 2.05) is 0 Å². The molecule has 0 atom stereocenters. The van der Waals surface area contributed by atoms with Gasteiger partial charge >= 0.3 is 0 Å². The molecule has 0 fully saturated rings. The summed E-state index contributed by atoms with van der Waals surface area (Å²) in [7, 11) is 0. The van der Waals surface area contributed by atoms with Crippen LogP contribution >= 0.6 is 11.6 Å². The SMILES string of the molecule is CC(=O)Nc1c(F)cc(N)cc1Cl. The van der Waals surface area contributed by atoms with Crippen molar-refractivity contribution in [2.45, 2.75) is 6.92 Å². The fraction of sp³-hybridized carbons (Fsp3) is 0.125. The van der Waals surface area contributed by atoms with E-state index in [0.29, 0.717) is 0 Å². The van der Waals surface area contributed by atoms with Gasteiger partial charge in [-0.3, -0.25) is 4.79 Å². The first-order chi connectivity index (χ1) is 6.00. The molecular weight excluding hydrogens is 195 g/mol. The fourth-order valence-electron chi connectivity index (χ4n) is 0.888. The smallest absolute Gasteiger partial charge is 0.221 e. The maximum absolute atomic E-state index is 13.1. The summed E-state index contributed by atoms with van der Waals surface area (Å²) >= 11 is 5.64. The molecule has 1 amide bonds. The van der Waals surface area contributed by atoms with E-state index in [1.165, 1.54) is 13.0 Å². The van der Waals surface area contributed by atoms with Gasteiger partial charge in [0.05, 0.1) is 10.7 Å². The largest absolute Gasteiger partial charge is 0.399 e. The molecule has 0 bridgehead atoms. The van der Waals surface area contributed by atoms with Crippen LogP contribution in [0.25, 0.3) is 0 Å². The Morgan fingerprint density at radius 1 is 1.62 bits per heavy atom. The van der Waals surface area contributed by atoms with Crippen molar-refractivity contribution in [3.63, 3.8) is 0 Å². The molecule has 0 aliphatic heterocycles. The lowest BCUT2D eigenvalue weighted by Crippen LogP contribution is -2.08. The van der Waals surface area contributed by atoms with Crippen molar-refractivity contribution in [1.29, 1.82) is 0 Å². The highest BCUT2D eigenvalue weighted by Crippen LogP contribution is 2.27. The highest BCUT2D eigenvalue weighted by Gasteiger charge is 2.09. The molecule has 0 spiro atoms. The van der Waals surface area contributed by atoms with Gasteiger partial charge in [0.15, 0.2) is 0 Å². The molecule has 0 aromatic heterocycles. The average Bonchev–Trinajstić information content (AvgIpc) is 1.96. The number of nitrogen functional groups attached to an aromatic ring is 1. The van der Waals surface area contributed by atoms with Gasteiger partial charge in [0.1, 0.15) is 5.82 Å². The lowest BCUT2D eigenvalue weighted by Gasteiger charge is -2.06. The number of benzene rings is 1. The molecule has 0 heterocycles. The number of hydrogen-bond donors (Lipinski definition) is 2. The minimum absolute atomic E-state index is 0.0385. The quantitative estimate of drug-likeness (QED) is 0.685. The Morgan fingerprint density at radius 3 is 2.69 bits per heavy atom. The first-order valence-electron chi connectivity index (χ1n) is 3.53. The van der Waals surface area contributed by atoms with E-state index in [-0.39, 0.29) is 22.3 Å². The Kier molecular flexibility index (Phi) is 2.72. The lowest BCUT2D eigenvalue weighted by atomic mass is 10.2. The third-order valence-electron chi connectivity index (χ3n) is 1.37. The second kappa shape index (κ2) is 3.62. The Balaban J connectivity index is 3.13. The van der Waals surface area contributed by atoms with Crippen LogP contribution in [0.3, 0.4) is 0 Å². The monoisotopic (exact) mass is 202 g/mol. The molecule has 0 saturated heterocycles. The summed E-state index contributed by atoms with van der Waals surface area (Å²) in [5.74, 6) is -1.02. The second-order valence-electron chi connectivity index (χ2n) is 2.54. The second-order valence-corrected chi connectivity index (χ2v) is 2.95. The zero-order chi connectivity index (χ0) is 10.0. The van der Waals surface area contributed by atoms with Gasteiger partial charge in [-0.2, -0.15) is 0 Å². The molecule has 3 N–H and O–H groups in total. The maximum Gasteiger partial charge on any atom is 0.221 e. The summed E-state index contributed by atoms with van der Waals surface area (Å²) in [6.07, 6.45) is 0. The molecule has 0 radical (unpaired) electrons. The number of anilines is 2. The highest BCUT2D eigenvalue weighted by atomic mass is 35.5. The predicted molar refractivity (Wildman–Crippen MR) is 50.1 cm³/mol. The van der Waals surface area contributed by atoms with E-state index in [2.05, 4.69) is 5.32 Å². The topological polar surface area (TPSA) is 55.1 Å². The molecule has 13 heavy (non-hydrogen) atoms. The summed E-state index contributed by atoms with van der Waals surface area (Å²) in [6, 6.07) is 2.47. The van der Waals surface area contributed by atoms with Crippen LogP contribution in [0.15, 0.2) is 12.1 Å². The molecule has 0 aliphatic rings. The van der Waals surface area contributed by atoms with Crippen molar-refractivity contribution in [3.8, 4) is 0 Å². The van der Waals surface area contributed by atoms with Crippen molar-refractivity contribution in [3.05, 3.63) is 23.0 Å². The number of amides is 1. The van der Waals surface area contributed by atoms with Gasteiger partial charge in [-0.25, -0.2) is 4.39 Å². The minimum atomic E-state index is -0.639. The van der Waals surface area contributed by atoms with Crippen molar-refractivity contribution in [1.82, 2.24) is 0 Å². The summed E-state index contributed by atoms with van der Waals surface area (Å²) in [5, 5.41) is 2.36. The van der Waals surface area contributed by atoms with Gasteiger partial charge in [0.2, 0.25) is 5.91 Å². The first-order valence-corrected chi connectivity index (χ1v) is 3.90. The van der Waals surface area contributed by atoms with Crippen LogP contribution in [-0.2, 0) is 4.79 Å². The normalized spacial score (nSPS) is 9.77. The molecule has 0 unspecified atom stereocenters. The Hall–Kier alpha value is -1.29. The molecule has 0 aliphatic carbocycles. The number of carbonyl (C=O) groups is 1. The van der Waals surface area contributed by atoms with E-state index in [1.54, 1.807) is 0 Å². The standard InChI is InChI=1S/C8H8ClFN2O/c1-4(13)12-8-6(9)2-5(11)3-7(8)10/h2-3H,11H2,1H3,(H,12,13). The van der Waals surface area contributed by atoms with Crippen molar-refractivity contribution >= 4 is 28.9 Å². The molecule has 70 valence electrons. The van der Waals surface area contributed by atoms with Crippen molar-refractivity contribution < 1.29 is 9.18 Å². The van der Waals surface area contributed by atoms with E-state index in [4.69, 9.17) is 17.3 Å². The number of hydrogen-bond acceptors (Lipinski definition) is 2. The van der Waals surface area contributed by atoms with Crippen LogP contribution in [0.2, 0.25) is 5.02 Å². The third-order valence-corrected chi connectivity index (χ3v) is 1.66. The number of rotatable bonds is 1. The van der Waals surface area contributed by atoms with E-state index in [0.717, 1.165) is 6.07 Å². The summed E-state index contributed by atoms with van der Waals surface area (Å²) in [5.41, 5.74) is 5.50. The molecular formula is C8H8ClFN2O. The molecule has 0 saturated carbocycles. The number of nitrogens with one attached hydrogen (secondary N) is 1. The van der Waals surface area contributed by atoms with E-state index in [9.17, 15) is 9.18 Å². The molecule has 1 aromatic carbocycles. The molecule has 1 rings (SSSR count). The minimum Gasteiger partial charge on any atom is -0.399 e. The third kappa shape index (κ3) is 2.32. The Bertz CT molecular complexity index is 331. The molecule has 1 aromatic rings. The zero-order valence-corrected chi connectivity index (χ0v) is 7.65. The van der Waals surface area contributed by atoms with Crippen LogP contribution in [0.5, 0.6) is 0 Å². The average molecular weight is 203 g/mol. The van der Waals surface area contributed by atoms with Gasteiger partial charge in [0, 0.05) is 12.6 Å². The van der Waals surface area contributed by atoms with E-state index < -0.39 is 5.82 Å². The van der Waals surface area contributed by atoms with Gasteiger partial charge in [-0.15, -0.1) is 0 Å². The van der Waals surface area contributed by atoms with Crippen LogP contribution in [0.4, 0.5) is 15.8 Å². The molecule has 3 nitrogen and oxygen atoms in total. The summed E-state index contributed by atoms with van der Waals surface area (Å²) in [6.45, 7) is 1.27.